The first-order valence-corrected chi connectivity index (χ1v) is 6.56. The van der Waals surface area contributed by atoms with Crippen LogP contribution in [-0.4, -0.2) is 20.3 Å². The maximum Gasteiger partial charge on any atom is 0.266 e. The number of nitrogens with two attached hydrogens (primary N) is 1. The molecule has 0 radical (unpaired) electrons. The maximum atomic E-state index is 12.8. The molecule has 9 heteroatoms. The fourth-order valence-electron chi connectivity index (χ4n) is 2.27. The molecule has 0 aliphatic rings. The minimum atomic E-state index is -2.75. The van der Waals surface area contributed by atoms with Crippen LogP contribution in [0.25, 0.3) is 11.2 Å². The number of alkyl halides is 2. The average Bonchev–Trinajstić information content (AvgIpc) is 2.99. The van der Waals surface area contributed by atoms with Gasteiger partial charge in [-0.2, -0.15) is 5.26 Å². The minimum absolute atomic E-state index is 0.228. The molecule has 0 aromatic carbocycles. The number of nitrogen functional groups attached to an aromatic ring is 1. The van der Waals surface area contributed by atoms with Crippen molar-refractivity contribution in [2.24, 2.45) is 0 Å². The Balaban J connectivity index is 2.04. The number of hydrogen-bond donors (Lipinski definition) is 1. The van der Waals surface area contributed by atoms with Crippen LogP contribution in [-0.2, 0) is 6.42 Å². The fraction of sp³-hybridized carbons (Fsp3) is 0.214. The van der Waals surface area contributed by atoms with E-state index in [4.69, 9.17) is 11.0 Å². The summed E-state index contributed by atoms with van der Waals surface area (Å²) >= 11 is 0. The number of nitriles is 1. The van der Waals surface area contributed by atoms with Gasteiger partial charge in [-0.05, 0) is 29.4 Å². The summed E-state index contributed by atoms with van der Waals surface area (Å²) < 4.78 is 30.2. The van der Waals surface area contributed by atoms with Crippen LogP contribution in [0.2, 0.25) is 0 Å². The number of nitrogens with zero attached hydrogens (tertiary/aromatic N) is 5. The fourth-order valence-corrected chi connectivity index (χ4v) is 2.27. The normalized spacial score (nSPS) is 11.1. The molecular weight excluding hydrogens is 306 g/mol. The Bertz CT molecular complexity index is 931. The van der Waals surface area contributed by atoms with Gasteiger partial charge in [0, 0.05) is 23.4 Å². The molecule has 0 saturated carbocycles. The molecule has 0 spiro atoms. The van der Waals surface area contributed by atoms with Crippen molar-refractivity contribution in [1.82, 2.24) is 20.3 Å². The monoisotopic (exact) mass is 316 g/mol. The van der Waals surface area contributed by atoms with Gasteiger partial charge in [0.25, 0.3) is 6.43 Å². The molecule has 0 amide bonds. The lowest BCUT2D eigenvalue weighted by atomic mass is 10.0. The van der Waals surface area contributed by atoms with Crippen LogP contribution >= 0.6 is 0 Å². The minimum Gasteiger partial charge on any atom is -0.396 e. The van der Waals surface area contributed by atoms with Crippen LogP contribution in [0, 0.1) is 18.3 Å². The molecule has 0 saturated heterocycles. The van der Waals surface area contributed by atoms with Gasteiger partial charge >= 0.3 is 0 Å². The van der Waals surface area contributed by atoms with Gasteiger partial charge < -0.3 is 5.73 Å². The topological polar surface area (TPSA) is 115 Å². The predicted molar refractivity (Wildman–Crippen MR) is 75.5 cm³/mol. The number of fused-ring (bicyclic) bond motifs is 1. The number of anilines is 1. The van der Waals surface area contributed by atoms with Crippen molar-refractivity contribution in [3.8, 4) is 6.07 Å². The molecule has 3 rings (SSSR count). The molecule has 3 heterocycles. The second-order valence-corrected chi connectivity index (χ2v) is 4.86. The Hall–Kier alpha value is -3.15. The lowest BCUT2D eigenvalue weighted by molar-refractivity contribution is 0.150. The standard InChI is InChI=1S/C14H10F2N6O/c1-6-9(11(18)12-14(19-6)22-23-21-12)4-7-2-3-8(13(15)16)10(5-17)20-7/h2-3,13H,4,18H2,1H3. The van der Waals surface area contributed by atoms with Gasteiger partial charge in [-0.1, -0.05) is 0 Å². The van der Waals surface area contributed by atoms with Crippen molar-refractivity contribution in [2.45, 2.75) is 19.8 Å². The van der Waals surface area contributed by atoms with Crippen LogP contribution in [0.3, 0.4) is 0 Å². The highest BCUT2D eigenvalue weighted by Gasteiger charge is 2.18. The van der Waals surface area contributed by atoms with Crippen molar-refractivity contribution in [1.29, 1.82) is 5.26 Å². The van der Waals surface area contributed by atoms with E-state index in [0.717, 1.165) is 0 Å². The smallest absolute Gasteiger partial charge is 0.266 e. The van der Waals surface area contributed by atoms with Gasteiger partial charge in [0.15, 0.2) is 5.52 Å². The first-order valence-electron chi connectivity index (χ1n) is 6.56. The molecule has 116 valence electrons. The lowest BCUT2D eigenvalue weighted by Crippen LogP contribution is -2.05. The van der Waals surface area contributed by atoms with Crippen molar-refractivity contribution in [2.75, 3.05) is 5.73 Å². The summed E-state index contributed by atoms with van der Waals surface area (Å²) in [6.45, 7) is 1.73. The van der Waals surface area contributed by atoms with E-state index in [0.29, 0.717) is 33.8 Å². The second-order valence-electron chi connectivity index (χ2n) is 4.86. The molecular formula is C14H10F2N6O. The molecule has 0 atom stereocenters. The summed E-state index contributed by atoms with van der Waals surface area (Å²) in [7, 11) is 0. The van der Waals surface area contributed by atoms with E-state index in [9.17, 15) is 8.78 Å². The number of halogens is 2. The summed E-state index contributed by atoms with van der Waals surface area (Å²) in [6.07, 6.45) is -2.52. The summed E-state index contributed by atoms with van der Waals surface area (Å²) in [5, 5.41) is 16.3. The Morgan fingerprint density at radius 3 is 2.78 bits per heavy atom. The number of pyridine rings is 2. The third-order valence-corrected chi connectivity index (χ3v) is 3.44. The second kappa shape index (κ2) is 5.57. The first kappa shape index (κ1) is 14.8. The van der Waals surface area contributed by atoms with E-state index >= 15 is 0 Å². The summed E-state index contributed by atoms with van der Waals surface area (Å²) in [4.78, 5) is 8.19. The van der Waals surface area contributed by atoms with Gasteiger partial charge in [-0.25, -0.2) is 23.4 Å². The third-order valence-electron chi connectivity index (χ3n) is 3.44. The van der Waals surface area contributed by atoms with Crippen LogP contribution in [0.4, 0.5) is 14.5 Å². The van der Waals surface area contributed by atoms with Gasteiger partial charge in [0.1, 0.15) is 11.8 Å². The molecule has 0 aliphatic carbocycles. The number of rotatable bonds is 3. The molecule has 0 fully saturated rings. The number of aryl methyl sites for hydroxylation is 1. The van der Waals surface area contributed by atoms with E-state index in [1.807, 2.05) is 0 Å². The maximum absolute atomic E-state index is 12.8. The summed E-state index contributed by atoms with van der Waals surface area (Å²) in [5.74, 6) is 0. The number of aromatic nitrogens is 4. The third kappa shape index (κ3) is 2.55. The quantitative estimate of drug-likeness (QED) is 0.788. The van der Waals surface area contributed by atoms with E-state index in [-0.39, 0.29) is 12.1 Å². The summed E-state index contributed by atoms with van der Waals surface area (Å²) in [5.41, 5.74) is 7.98. The highest BCUT2D eigenvalue weighted by Crippen LogP contribution is 2.26. The van der Waals surface area contributed by atoms with Gasteiger partial charge in [0.2, 0.25) is 5.65 Å². The Morgan fingerprint density at radius 2 is 2.09 bits per heavy atom. The van der Waals surface area contributed by atoms with E-state index in [2.05, 4.69) is 24.9 Å². The van der Waals surface area contributed by atoms with Crippen LogP contribution < -0.4 is 5.73 Å². The largest absolute Gasteiger partial charge is 0.396 e. The van der Waals surface area contributed by atoms with Crippen LogP contribution in [0.15, 0.2) is 16.8 Å². The molecule has 3 aromatic rings. The van der Waals surface area contributed by atoms with Crippen molar-refractivity contribution >= 4 is 16.9 Å². The summed E-state index contributed by atoms with van der Waals surface area (Å²) in [6, 6.07) is 4.31. The Morgan fingerprint density at radius 1 is 1.30 bits per heavy atom. The SMILES string of the molecule is Cc1nc2nonc2c(N)c1Cc1ccc(C(F)F)c(C#N)n1. The average molecular weight is 316 g/mol. The van der Waals surface area contributed by atoms with Crippen molar-refractivity contribution in [3.05, 3.63) is 40.3 Å². The zero-order chi connectivity index (χ0) is 16.6. The molecule has 7 nitrogen and oxygen atoms in total. The van der Waals surface area contributed by atoms with E-state index < -0.39 is 12.0 Å². The van der Waals surface area contributed by atoms with Gasteiger partial charge in [0.05, 0.1) is 11.3 Å². The molecule has 0 bridgehead atoms. The first-order chi connectivity index (χ1) is 11.0. The highest BCUT2D eigenvalue weighted by molar-refractivity contribution is 5.85. The Labute approximate surface area is 128 Å². The highest BCUT2D eigenvalue weighted by atomic mass is 19.3. The Kier molecular flexibility index (Phi) is 3.57. The van der Waals surface area contributed by atoms with Crippen LogP contribution in [0.5, 0.6) is 0 Å². The van der Waals surface area contributed by atoms with Gasteiger partial charge in [-0.15, -0.1) is 0 Å². The van der Waals surface area contributed by atoms with Gasteiger partial charge in [-0.3, -0.25) is 0 Å². The zero-order valence-corrected chi connectivity index (χ0v) is 11.9. The van der Waals surface area contributed by atoms with E-state index in [1.54, 1.807) is 13.0 Å². The number of hydrogen-bond acceptors (Lipinski definition) is 7. The molecule has 2 N–H and O–H groups in total. The van der Waals surface area contributed by atoms with Crippen molar-refractivity contribution in [3.63, 3.8) is 0 Å². The lowest BCUT2D eigenvalue weighted by Gasteiger charge is -2.09. The molecule has 0 aliphatic heterocycles. The predicted octanol–water partition coefficient (Wildman–Crippen LogP) is 2.30. The van der Waals surface area contributed by atoms with Crippen LogP contribution in [0.1, 0.15) is 34.6 Å². The molecule has 0 unspecified atom stereocenters. The van der Waals surface area contributed by atoms with Crippen molar-refractivity contribution < 1.29 is 13.4 Å². The molecule has 3 aromatic heterocycles. The van der Waals surface area contributed by atoms with E-state index in [1.165, 1.54) is 12.1 Å². The zero-order valence-electron chi connectivity index (χ0n) is 11.9. The molecule has 23 heavy (non-hydrogen) atoms.